The molecule has 4 nitrogen and oxygen atoms in total. The van der Waals surface area contributed by atoms with Crippen molar-refractivity contribution in [3.8, 4) is 16.8 Å². The minimum absolute atomic E-state index is 0.0684. The summed E-state index contributed by atoms with van der Waals surface area (Å²) >= 11 is 1.88. The van der Waals surface area contributed by atoms with E-state index in [0.29, 0.717) is 0 Å². The maximum absolute atomic E-state index is 6.51. The van der Waals surface area contributed by atoms with Crippen molar-refractivity contribution in [2.24, 2.45) is 0 Å². The molecule has 0 atom stereocenters. The second kappa shape index (κ2) is 11.4. The van der Waals surface area contributed by atoms with Crippen molar-refractivity contribution in [3.05, 3.63) is 151 Å². The largest absolute Gasteiger partial charge is 0.456 e. The van der Waals surface area contributed by atoms with E-state index < -0.39 is 0 Å². The number of furan rings is 2. The molecule has 1 N–H and O–H groups in total. The van der Waals surface area contributed by atoms with Crippen LogP contribution in [0.5, 0.6) is 0 Å². The van der Waals surface area contributed by atoms with Gasteiger partial charge in [-0.15, -0.1) is 11.3 Å². The summed E-state index contributed by atoms with van der Waals surface area (Å²) in [5.74, 6) is 0. The second-order valence-corrected chi connectivity index (χ2v) is 18.0. The van der Waals surface area contributed by atoms with Crippen molar-refractivity contribution in [2.45, 2.75) is 26.2 Å². The summed E-state index contributed by atoms with van der Waals surface area (Å²) in [5, 5.41) is 13.5. The lowest BCUT2D eigenvalue weighted by Crippen LogP contribution is -2.37. The number of rotatable bonds is 3. The van der Waals surface area contributed by atoms with Gasteiger partial charge in [-0.05, 0) is 82.0 Å². The lowest BCUT2D eigenvalue weighted by atomic mass is 9.59. The summed E-state index contributed by atoms with van der Waals surface area (Å²) < 4.78 is 18.2. The molecular formula is C52H35BN2O2S. The highest BCUT2D eigenvalue weighted by Crippen LogP contribution is 2.45. The van der Waals surface area contributed by atoms with E-state index >= 15 is 0 Å². The fourth-order valence-electron chi connectivity index (χ4n) is 9.81. The van der Waals surface area contributed by atoms with Gasteiger partial charge in [-0.2, -0.15) is 0 Å². The predicted octanol–water partition coefficient (Wildman–Crippen LogP) is 13.4. The Kier molecular flexibility index (Phi) is 6.37. The fourth-order valence-corrected chi connectivity index (χ4v) is 10.9. The van der Waals surface area contributed by atoms with Gasteiger partial charge in [0.25, 0.3) is 0 Å². The van der Waals surface area contributed by atoms with Crippen LogP contribution < -0.4 is 16.2 Å². The molecule has 4 aromatic heterocycles. The van der Waals surface area contributed by atoms with Crippen LogP contribution in [-0.2, 0) is 5.41 Å². The van der Waals surface area contributed by atoms with Crippen molar-refractivity contribution < 1.29 is 8.83 Å². The van der Waals surface area contributed by atoms with Crippen LogP contribution >= 0.6 is 11.3 Å². The van der Waals surface area contributed by atoms with E-state index in [1.165, 1.54) is 75.1 Å². The first-order valence-electron chi connectivity index (χ1n) is 20.0. The summed E-state index contributed by atoms with van der Waals surface area (Å²) in [6.45, 7) is 6.77. The number of fused-ring (bicyclic) bond motifs is 15. The Morgan fingerprint density at radius 2 is 1.29 bits per heavy atom. The van der Waals surface area contributed by atoms with Crippen LogP contribution in [0.3, 0.4) is 0 Å². The Labute approximate surface area is 338 Å². The third-order valence-electron chi connectivity index (χ3n) is 12.6. The van der Waals surface area contributed by atoms with E-state index in [4.69, 9.17) is 8.83 Å². The number of para-hydroxylation sites is 2. The Bertz CT molecular complexity index is 3720. The molecular weight excluding hydrogens is 727 g/mol. The Balaban J connectivity index is 1.13. The maximum atomic E-state index is 6.51. The SMILES string of the molecule is CC(C)(C)c1ccc(Nc2cc3oc4ccccc4c3cc2-c2ccc3c4c5c(ccc4n4c3c2Bc2cc3c(cc2-4)sc2ccccc23)oc2ccccc25)cc1. The molecule has 0 radical (unpaired) electrons. The van der Waals surface area contributed by atoms with Crippen LogP contribution in [0.25, 0.3) is 103 Å². The van der Waals surface area contributed by atoms with Crippen LogP contribution in [0, 0.1) is 0 Å². The molecule has 0 amide bonds. The monoisotopic (exact) mass is 762 g/mol. The van der Waals surface area contributed by atoms with Crippen molar-refractivity contribution in [3.63, 3.8) is 0 Å². The van der Waals surface area contributed by atoms with Crippen molar-refractivity contribution >= 4 is 127 Å². The number of anilines is 2. The van der Waals surface area contributed by atoms with Gasteiger partial charge in [0.15, 0.2) is 7.28 Å². The number of benzene rings is 8. The maximum Gasteiger partial charge on any atom is 0.198 e. The number of nitrogens with one attached hydrogen (secondary N) is 1. The van der Waals surface area contributed by atoms with Crippen molar-refractivity contribution in [1.82, 2.24) is 4.57 Å². The third-order valence-corrected chi connectivity index (χ3v) is 13.7. The molecule has 0 bridgehead atoms. The number of hydrogen-bond acceptors (Lipinski definition) is 4. The Morgan fingerprint density at radius 1 is 0.552 bits per heavy atom. The quantitative estimate of drug-likeness (QED) is 0.182. The highest BCUT2D eigenvalue weighted by molar-refractivity contribution is 7.25. The van der Waals surface area contributed by atoms with Gasteiger partial charge in [0, 0.05) is 75.6 Å². The first-order valence-corrected chi connectivity index (χ1v) is 20.9. The molecule has 1 aliphatic rings. The molecule has 6 heteroatoms. The zero-order chi connectivity index (χ0) is 38.4. The highest BCUT2D eigenvalue weighted by Gasteiger charge is 2.29. The molecule has 0 unspecified atom stereocenters. The second-order valence-electron chi connectivity index (χ2n) is 17.0. The fraction of sp³-hybridized carbons (Fsp3) is 0.0769. The van der Waals surface area contributed by atoms with E-state index in [0.717, 1.165) is 62.7 Å². The lowest BCUT2D eigenvalue weighted by Gasteiger charge is -2.24. The molecule has 0 saturated carbocycles. The third kappa shape index (κ3) is 4.46. The van der Waals surface area contributed by atoms with Gasteiger partial charge in [0.2, 0.25) is 0 Å². The van der Waals surface area contributed by atoms with E-state index in [-0.39, 0.29) is 5.41 Å². The summed E-state index contributed by atoms with van der Waals surface area (Å²) in [6.07, 6.45) is 0. The Hall–Kier alpha value is -6.76. The van der Waals surface area contributed by atoms with E-state index in [1.807, 2.05) is 17.4 Å². The summed E-state index contributed by atoms with van der Waals surface area (Å²) in [6, 6.07) is 53.1. The van der Waals surface area contributed by atoms with Gasteiger partial charge in [-0.25, -0.2) is 0 Å². The lowest BCUT2D eigenvalue weighted by molar-refractivity contribution is 0.590. The minimum Gasteiger partial charge on any atom is -0.456 e. The molecule has 0 fully saturated rings. The predicted molar refractivity (Wildman–Crippen MR) is 249 cm³/mol. The van der Waals surface area contributed by atoms with Gasteiger partial charge in [-0.3, -0.25) is 0 Å². The minimum atomic E-state index is 0.0684. The number of thiophene rings is 1. The van der Waals surface area contributed by atoms with Gasteiger partial charge in [-0.1, -0.05) is 111 Å². The molecule has 0 saturated heterocycles. The number of aromatic nitrogens is 1. The molecule has 13 rings (SSSR count). The average Bonchev–Trinajstić information content (AvgIpc) is 3.99. The smallest absolute Gasteiger partial charge is 0.198 e. The molecule has 58 heavy (non-hydrogen) atoms. The van der Waals surface area contributed by atoms with Gasteiger partial charge >= 0.3 is 0 Å². The van der Waals surface area contributed by atoms with Gasteiger partial charge < -0.3 is 18.7 Å². The van der Waals surface area contributed by atoms with E-state index in [1.54, 1.807) is 0 Å². The van der Waals surface area contributed by atoms with Crippen LogP contribution in [-0.4, -0.2) is 11.8 Å². The van der Waals surface area contributed by atoms with Gasteiger partial charge in [0.05, 0.1) is 11.2 Å². The summed E-state index contributed by atoms with van der Waals surface area (Å²) in [7, 11) is 0.803. The van der Waals surface area contributed by atoms with Crippen LogP contribution in [0.15, 0.2) is 154 Å². The van der Waals surface area contributed by atoms with Crippen molar-refractivity contribution in [2.75, 3.05) is 5.32 Å². The molecule has 5 heterocycles. The van der Waals surface area contributed by atoms with E-state index in [2.05, 4.69) is 170 Å². The molecule has 8 aromatic carbocycles. The summed E-state index contributed by atoms with van der Waals surface area (Å²) in [5.41, 5.74) is 15.7. The molecule has 274 valence electrons. The number of nitrogens with zero attached hydrogens (tertiary/aromatic N) is 1. The first kappa shape index (κ1) is 32.3. The molecule has 0 aliphatic carbocycles. The van der Waals surface area contributed by atoms with Crippen LogP contribution in [0.1, 0.15) is 26.3 Å². The van der Waals surface area contributed by atoms with Crippen LogP contribution in [0.4, 0.5) is 11.4 Å². The molecule has 0 spiro atoms. The Morgan fingerprint density at radius 3 is 2.12 bits per heavy atom. The summed E-state index contributed by atoms with van der Waals surface area (Å²) in [4.78, 5) is 0. The van der Waals surface area contributed by atoms with Crippen molar-refractivity contribution in [1.29, 1.82) is 0 Å². The molecule has 1 aliphatic heterocycles. The molecule has 12 aromatic rings. The highest BCUT2D eigenvalue weighted by atomic mass is 32.1. The first-order chi connectivity index (χ1) is 28.4. The zero-order valence-electron chi connectivity index (χ0n) is 32.2. The number of hydrogen-bond donors (Lipinski definition) is 1. The van der Waals surface area contributed by atoms with Crippen LogP contribution in [0.2, 0.25) is 0 Å². The topological polar surface area (TPSA) is 43.2 Å². The average molecular weight is 763 g/mol. The van der Waals surface area contributed by atoms with E-state index in [9.17, 15) is 0 Å². The normalized spacial score (nSPS) is 12.9. The van der Waals surface area contributed by atoms with Gasteiger partial charge in [0.1, 0.15) is 22.3 Å². The standard InChI is InChI=1S/C52H35BN2O2S/c1-52(2,3)28-16-18-29(19-17-28)54-39-26-45-36(30-10-4-7-13-42(30)57-45)24-35(39)32-20-21-34-48-40(22-23-44-49(48)33-12-5-8-14-43(33)56-44)55-41-27-47-37(25-38(41)53-50(32)51(34)55)31-11-6-9-15-46(31)58-47/h4-27,53-54H,1-3H3. The zero-order valence-corrected chi connectivity index (χ0v) is 33.1.